The van der Waals surface area contributed by atoms with Gasteiger partial charge in [-0.15, -0.1) is 6.42 Å². The molecule has 4 heterocycles. The van der Waals surface area contributed by atoms with Gasteiger partial charge in [-0.2, -0.15) is 9.97 Å². The first-order chi connectivity index (χ1) is 17.0. The number of methoxy groups -OCH3 is 1. The lowest BCUT2D eigenvalue weighted by Gasteiger charge is -2.34. The molecule has 4 aromatic rings. The van der Waals surface area contributed by atoms with E-state index in [0.29, 0.717) is 45.3 Å². The number of nitrogens with two attached hydrogens (primary N) is 1. The van der Waals surface area contributed by atoms with Crippen LogP contribution in [0.15, 0.2) is 30.5 Å². The Labute approximate surface area is 200 Å². The summed E-state index contributed by atoms with van der Waals surface area (Å²) >= 11 is 0. The number of fused-ring (bicyclic) bond motifs is 4. The molecule has 0 radical (unpaired) electrons. The summed E-state index contributed by atoms with van der Waals surface area (Å²) in [6.07, 6.45) is 9.35. The maximum atomic E-state index is 16.2. The minimum atomic E-state index is -0.679. The van der Waals surface area contributed by atoms with E-state index in [0.717, 1.165) is 25.9 Å². The molecular weight excluding hydrogens is 450 g/mol. The third-order valence-corrected chi connectivity index (χ3v) is 6.83. The average Bonchev–Trinajstić information content (AvgIpc) is 3.20. The number of halogens is 2. The fraction of sp³-hybridized carbons (Fsp3) is 0.269. The zero-order valence-electron chi connectivity index (χ0n) is 19.0. The first kappa shape index (κ1) is 21.5. The highest BCUT2D eigenvalue weighted by atomic mass is 19.1. The van der Waals surface area contributed by atoms with Crippen LogP contribution in [0, 0.1) is 24.0 Å². The van der Waals surface area contributed by atoms with Crippen LogP contribution in [0.1, 0.15) is 18.4 Å². The maximum Gasteiger partial charge on any atom is 0.318 e. The fourth-order valence-electron chi connectivity index (χ4n) is 5.30. The van der Waals surface area contributed by atoms with Gasteiger partial charge in [-0.1, -0.05) is 12.0 Å². The highest BCUT2D eigenvalue weighted by Gasteiger charge is 2.34. The lowest BCUT2D eigenvalue weighted by molar-refractivity contribution is 0.380. The smallest absolute Gasteiger partial charge is 0.318 e. The number of anilines is 2. The predicted molar refractivity (Wildman–Crippen MR) is 131 cm³/mol. The normalized spacial score (nSPS) is 19.3. The minimum absolute atomic E-state index is 0.0241. The zero-order chi connectivity index (χ0) is 24.3. The SMILES string of the molecule is C#Cc1c(F)ccc2cc(N)cc(-c3ncc4c(N5CC6CCC(C5)N6)nc(OC)nc4c3F)c12. The molecule has 0 saturated carbocycles. The number of nitrogens with zero attached hydrogens (tertiary/aromatic N) is 4. The van der Waals surface area contributed by atoms with Crippen LogP contribution >= 0.6 is 0 Å². The molecule has 3 N–H and O–H groups in total. The van der Waals surface area contributed by atoms with E-state index < -0.39 is 11.6 Å². The van der Waals surface area contributed by atoms with Gasteiger partial charge in [-0.25, -0.2) is 8.78 Å². The number of nitrogen functional groups attached to an aromatic ring is 1. The largest absolute Gasteiger partial charge is 0.467 e. The van der Waals surface area contributed by atoms with Gasteiger partial charge in [-0.05, 0) is 36.4 Å². The summed E-state index contributed by atoms with van der Waals surface area (Å²) < 4.78 is 36.0. The summed E-state index contributed by atoms with van der Waals surface area (Å²) in [7, 11) is 1.44. The van der Waals surface area contributed by atoms with E-state index in [2.05, 4.69) is 31.1 Å². The van der Waals surface area contributed by atoms with E-state index in [4.69, 9.17) is 16.9 Å². The van der Waals surface area contributed by atoms with Crippen molar-refractivity contribution < 1.29 is 13.5 Å². The molecule has 0 spiro atoms. The summed E-state index contributed by atoms with van der Waals surface area (Å²) in [6.45, 7) is 1.50. The molecule has 6 rings (SSSR count). The van der Waals surface area contributed by atoms with Crippen LogP contribution in [-0.4, -0.2) is 47.2 Å². The second kappa shape index (κ2) is 8.03. The van der Waals surface area contributed by atoms with Crippen LogP contribution in [0.5, 0.6) is 6.01 Å². The topological polar surface area (TPSA) is 89.2 Å². The summed E-state index contributed by atoms with van der Waals surface area (Å²) in [5.74, 6) is 1.71. The van der Waals surface area contributed by atoms with Gasteiger partial charge in [0.2, 0.25) is 0 Å². The van der Waals surface area contributed by atoms with Crippen molar-refractivity contribution in [2.24, 2.45) is 0 Å². The third-order valence-electron chi connectivity index (χ3n) is 6.83. The molecule has 2 aromatic heterocycles. The van der Waals surface area contributed by atoms with Crippen molar-refractivity contribution in [3.63, 3.8) is 0 Å². The van der Waals surface area contributed by atoms with Gasteiger partial charge in [0.1, 0.15) is 22.8 Å². The van der Waals surface area contributed by atoms with Crippen molar-refractivity contribution in [3.8, 4) is 29.6 Å². The van der Waals surface area contributed by atoms with Crippen LogP contribution in [0.3, 0.4) is 0 Å². The summed E-state index contributed by atoms with van der Waals surface area (Å²) in [6, 6.07) is 6.83. The molecule has 2 unspecified atom stereocenters. The van der Waals surface area contributed by atoms with Gasteiger partial charge < -0.3 is 20.7 Å². The number of benzene rings is 2. The van der Waals surface area contributed by atoms with Crippen LogP contribution in [0.4, 0.5) is 20.3 Å². The van der Waals surface area contributed by atoms with Gasteiger partial charge in [-0.3, -0.25) is 4.98 Å². The predicted octanol–water partition coefficient (Wildman–Crippen LogP) is 3.64. The third kappa shape index (κ3) is 3.41. The Balaban J connectivity index is 1.59. The van der Waals surface area contributed by atoms with Crippen LogP contribution in [0.25, 0.3) is 32.9 Å². The second-order valence-corrected chi connectivity index (χ2v) is 8.99. The number of pyridine rings is 1. The Morgan fingerprint density at radius 3 is 2.66 bits per heavy atom. The molecule has 2 aromatic carbocycles. The number of rotatable bonds is 3. The van der Waals surface area contributed by atoms with E-state index in [9.17, 15) is 4.39 Å². The number of piperazine rings is 1. The van der Waals surface area contributed by atoms with Crippen LogP contribution in [0.2, 0.25) is 0 Å². The number of aromatic nitrogens is 3. The molecule has 35 heavy (non-hydrogen) atoms. The molecule has 2 saturated heterocycles. The van der Waals surface area contributed by atoms with E-state index in [1.165, 1.54) is 13.2 Å². The molecule has 7 nitrogen and oxygen atoms in total. The maximum absolute atomic E-state index is 16.2. The molecule has 2 atom stereocenters. The molecule has 2 fully saturated rings. The van der Waals surface area contributed by atoms with Gasteiger partial charge in [0.15, 0.2) is 5.82 Å². The van der Waals surface area contributed by atoms with Crippen molar-refractivity contribution in [2.75, 3.05) is 30.8 Å². The van der Waals surface area contributed by atoms with Gasteiger partial charge in [0.25, 0.3) is 0 Å². The van der Waals surface area contributed by atoms with Crippen molar-refractivity contribution in [1.29, 1.82) is 0 Å². The van der Waals surface area contributed by atoms with Gasteiger partial charge >= 0.3 is 6.01 Å². The molecule has 0 amide bonds. The Morgan fingerprint density at radius 1 is 1.17 bits per heavy atom. The summed E-state index contributed by atoms with van der Waals surface area (Å²) in [4.78, 5) is 15.4. The Hall–Kier alpha value is -4.03. The fourth-order valence-corrected chi connectivity index (χ4v) is 5.30. The van der Waals surface area contributed by atoms with Gasteiger partial charge in [0, 0.05) is 48.0 Å². The molecule has 0 aliphatic carbocycles. The van der Waals surface area contributed by atoms with E-state index in [1.807, 2.05) is 0 Å². The van der Waals surface area contributed by atoms with E-state index >= 15 is 4.39 Å². The van der Waals surface area contributed by atoms with Crippen molar-refractivity contribution in [1.82, 2.24) is 20.3 Å². The second-order valence-electron chi connectivity index (χ2n) is 8.99. The average molecular weight is 472 g/mol. The summed E-state index contributed by atoms with van der Waals surface area (Å²) in [5, 5.41) is 5.02. The highest BCUT2D eigenvalue weighted by molar-refractivity contribution is 6.03. The number of hydrogen-bond acceptors (Lipinski definition) is 7. The number of ether oxygens (including phenoxy) is 1. The highest BCUT2D eigenvalue weighted by Crippen LogP contribution is 2.38. The molecule has 2 aliphatic heterocycles. The first-order valence-corrected chi connectivity index (χ1v) is 11.4. The molecular formula is C26H22F2N6O. The molecule has 9 heteroatoms. The molecule has 2 bridgehead atoms. The lowest BCUT2D eigenvalue weighted by atomic mass is 9.95. The quantitative estimate of drug-likeness (QED) is 0.348. The monoisotopic (exact) mass is 472 g/mol. The van der Waals surface area contributed by atoms with E-state index in [-0.39, 0.29) is 22.8 Å². The number of hydrogen-bond donors (Lipinski definition) is 2. The van der Waals surface area contributed by atoms with Crippen molar-refractivity contribution >= 4 is 33.2 Å². The molecule has 176 valence electrons. The van der Waals surface area contributed by atoms with Crippen LogP contribution in [-0.2, 0) is 0 Å². The van der Waals surface area contributed by atoms with Crippen LogP contribution < -0.4 is 20.7 Å². The lowest BCUT2D eigenvalue weighted by Crippen LogP contribution is -2.51. The minimum Gasteiger partial charge on any atom is -0.467 e. The zero-order valence-corrected chi connectivity index (χ0v) is 19.0. The van der Waals surface area contributed by atoms with Crippen molar-refractivity contribution in [2.45, 2.75) is 24.9 Å². The van der Waals surface area contributed by atoms with E-state index in [1.54, 1.807) is 24.4 Å². The summed E-state index contributed by atoms with van der Waals surface area (Å²) in [5.41, 5.74) is 6.84. The Morgan fingerprint density at radius 2 is 1.94 bits per heavy atom. The van der Waals surface area contributed by atoms with Gasteiger partial charge in [0.05, 0.1) is 18.1 Å². The number of terminal acetylenes is 1. The standard InChI is InChI=1S/C26H22F2N6O/c1-3-17-20(27)7-4-13-8-14(29)9-18(21(13)17)23-22(28)24-19(10-30-23)25(33-26(32-24)35-2)34-11-15-5-6-16(12-34)31-15/h1,4,7-10,15-16,31H,5-6,11-12,29H2,2H3. The molecule has 2 aliphatic rings. The Kier molecular flexibility index (Phi) is 4.93. The Bertz CT molecular complexity index is 1540. The van der Waals surface area contributed by atoms with Crippen molar-refractivity contribution in [3.05, 3.63) is 47.7 Å². The number of nitrogens with one attached hydrogen (secondary N) is 1. The first-order valence-electron chi connectivity index (χ1n) is 11.4.